The molecule has 2 rings (SSSR count). The maximum absolute atomic E-state index is 11.3. The summed E-state index contributed by atoms with van der Waals surface area (Å²) in [5, 5.41) is 15.4. The standard InChI is InChI=1S/C7H5BrClN3O/c8-11-4-5-1-2-6(9)3-7(5)12(13)10-11/h1-3H,4H2. The van der Waals surface area contributed by atoms with E-state index in [0.29, 0.717) is 22.1 Å². The minimum atomic E-state index is 0.503. The van der Waals surface area contributed by atoms with Crippen LogP contribution in [-0.2, 0) is 6.54 Å². The zero-order valence-corrected chi connectivity index (χ0v) is 8.79. The zero-order chi connectivity index (χ0) is 9.42. The molecule has 0 radical (unpaired) electrons. The first-order valence-electron chi connectivity index (χ1n) is 3.57. The molecule has 0 N–H and O–H groups in total. The molecule has 1 aromatic rings. The summed E-state index contributed by atoms with van der Waals surface area (Å²) < 4.78 is 1.40. The second-order valence-electron chi connectivity index (χ2n) is 2.63. The molecule has 0 fully saturated rings. The molecular formula is C7H5BrClN3O. The molecule has 0 amide bonds. The second kappa shape index (κ2) is 3.16. The van der Waals surface area contributed by atoms with Crippen LogP contribution in [-0.4, -0.2) is 8.90 Å². The van der Waals surface area contributed by atoms with Crippen molar-refractivity contribution in [3.63, 3.8) is 0 Å². The first kappa shape index (κ1) is 8.77. The van der Waals surface area contributed by atoms with Crippen molar-refractivity contribution in [2.75, 3.05) is 0 Å². The van der Waals surface area contributed by atoms with Crippen LogP contribution in [0.1, 0.15) is 5.56 Å². The monoisotopic (exact) mass is 261 g/mol. The number of halogens is 2. The third-order valence-corrected chi connectivity index (χ3v) is 2.36. The molecular weight excluding hydrogens is 257 g/mol. The van der Waals surface area contributed by atoms with Gasteiger partial charge in [-0.05, 0) is 12.1 Å². The highest BCUT2D eigenvalue weighted by Gasteiger charge is 2.20. The lowest BCUT2D eigenvalue weighted by molar-refractivity contribution is -0.461. The predicted octanol–water partition coefficient (Wildman–Crippen LogP) is 2.97. The molecule has 1 aliphatic heterocycles. The van der Waals surface area contributed by atoms with Gasteiger partial charge in [-0.3, -0.25) is 0 Å². The lowest BCUT2D eigenvalue weighted by atomic mass is 10.2. The molecule has 1 aliphatic rings. The lowest BCUT2D eigenvalue weighted by Gasteiger charge is -2.16. The summed E-state index contributed by atoms with van der Waals surface area (Å²) >= 11 is 8.85. The van der Waals surface area contributed by atoms with Crippen LogP contribution in [0.3, 0.4) is 0 Å². The summed E-state index contributed by atoms with van der Waals surface area (Å²) in [5.74, 6) is 0. The van der Waals surface area contributed by atoms with Gasteiger partial charge in [-0.25, -0.2) is 0 Å². The van der Waals surface area contributed by atoms with E-state index in [4.69, 9.17) is 11.6 Å². The van der Waals surface area contributed by atoms with Gasteiger partial charge in [0.2, 0.25) is 16.1 Å². The lowest BCUT2D eigenvalue weighted by Crippen LogP contribution is -2.14. The molecule has 1 heterocycles. The molecule has 6 heteroatoms. The van der Waals surface area contributed by atoms with Gasteiger partial charge in [0.15, 0.2) is 5.69 Å². The van der Waals surface area contributed by atoms with E-state index >= 15 is 0 Å². The van der Waals surface area contributed by atoms with Crippen LogP contribution in [0.2, 0.25) is 5.02 Å². The Labute approximate surface area is 88.3 Å². The third kappa shape index (κ3) is 1.62. The Kier molecular flexibility index (Phi) is 2.13. The fourth-order valence-corrected chi connectivity index (χ4v) is 1.72. The SMILES string of the molecule is [O-][N+]1=NN(Br)Cc2ccc(Cl)cc21. The summed E-state index contributed by atoms with van der Waals surface area (Å²) in [6.07, 6.45) is 0. The minimum absolute atomic E-state index is 0.503. The van der Waals surface area contributed by atoms with Gasteiger partial charge in [-0.15, -0.1) is 4.86 Å². The van der Waals surface area contributed by atoms with E-state index in [-0.39, 0.29) is 0 Å². The Morgan fingerprint density at radius 2 is 2.38 bits per heavy atom. The average molecular weight is 262 g/mol. The van der Waals surface area contributed by atoms with Gasteiger partial charge in [0.1, 0.15) is 11.8 Å². The van der Waals surface area contributed by atoms with Crippen LogP contribution in [0.15, 0.2) is 23.4 Å². The van der Waals surface area contributed by atoms with Crippen molar-refractivity contribution in [2.45, 2.75) is 6.54 Å². The van der Waals surface area contributed by atoms with Crippen LogP contribution < -0.4 is 0 Å². The molecule has 1 aromatic carbocycles. The summed E-state index contributed by atoms with van der Waals surface area (Å²) in [6.45, 7) is 0.561. The molecule has 0 aromatic heterocycles. The number of fused-ring (bicyclic) bond motifs is 1. The summed E-state index contributed by atoms with van der Waals surface area (Å²) in [7, 11) is 0. The highest BCUT2D eigenvalue weighted by atomic mass is 79.9. The summed E-state index contributed by atoms with van der Waals surface area (Å²) in [6, 6.07) is 5.17. The maximum atomic E-state index is 11.3. The molecule has 0 aliphatic carbocycles. The van der Waals surface area contributed by atoms with Gasteiger partial charge in [-0.1, -0.05) is 15.6 Å². The van der Waals surface area contributed by atoms with E-state index in [1.807, 2.05) is 6.07 Å². The first-order chi connectivity index (χ1) is 6.16. The minimum Gasteiger partial charge on any atom is -0.691 e. The van der Waals surface area contributed by atoms with Gasteiger partial charge in [0, 0.05) is 16.7 Å². The largest absolute Gasteiger partial charge is 0.691 e. The van der Waals surface area contributed by atoms with Crippen LogP contribution in [0.5, 0.6) is 0 Å². The number of nitrogens with zero attached hydrogens (tertiary/aromatic N) is 3. The fraction of sp³-hybridized carbons (Fsp3) is 0.143. The molecule has 0 bridgehead atoms. The van der Waals surface area contributed by atoms with Crippen molar-refractivity contribution in [2.24, 2.45) is 5.22 Å². The van der Waals surface area contributed by atoms with Crippen molar-refractivity contribution in [1.82, 2.24) is 4.03 Å². The van der Waals surface area contributed by atoms with E-state index in [0.717, 1.165) is 5.56 Å². The van der Waals surface area contributed by atoms with Gasteiger partial charge in [-0.2, -0.15) is 0 Å². The van der Waals surface area contributed by atoms with E-state index < -0.39 is 0 Å². The fourth-order valence-electron chi connectivity index (χ4n) is 1.16. The highest BCUT2D eigenvalue weighted by molar-refractivity contribution is 9.07. The molecule has 13 heavy (non-hydrogen) atoms. The van der Waals surface area contributed by atoms with Crippen molar-refractivity contribution in [3.05, 3.63) is 34.0 Å². The average Bonchev–Trinajstić information content (AvgIpc) is 2.06. The van der Waals surface area contributed by atoms with E-state index in [1.165, 1.54) is 4.03 Å². The van der Waals surface area contributed by atoms with Crippen LogP contribution in [0.4, 0.5) is 5.69 Å². The van der Waals surface area contributed by atoms with Crippen LogP contribution in [0.25, 0.3) is 0 Å². The number of benzene rings is 1. The van der Waals surface area contributed by atoms with E-state index in [9.17, 15) is 5.21 Å². The Morgan fingerprint density at radius 1 is 1.62 bits per heavy atom. The van der Waals surface area contributed by atoms with Gasteiger partial charge in [0.25, 0.3) is 0 Å². The van der Waals surface area contributed by atoms with Crippen LogP contribution in [0, 0.1) is 5.21 Å². The Bertz CT molecular complexity index is 382. The molecule has 4 nitrogen and oxygen atoms in total. The maximum Gasteiger partial charge on any atom is 0.213 e. The quantitative estimate of drug-likeness (QED) is 0.410. The van der Waals surface area contributed by atoms with Crippen molar-refractivity contribution >= 4 is 33.4 Å². The summed E-state index contributed by atoms with van der Waals surface area (Å²) in [4.78, 5) is 0.541. The Balaban J connectivity index is 2.54. The molecule has 68 valence electrons. The molecule has 0 saturated carbocycles. The molecule has 0 unspecified atom stereocenters. The second-order valence-corrected chi connectivity index (χ2v) is 3.89. The van der Waals surface area contributed by atoms with E-state index in [2.05, 4.69) is 21.4 Å². The van der Waals surface area contributed by atoms with Gasteiger partial charge < -0.3 is 5.21 Å². The smallest absolute Gasteiger partial charge is 0.213 e. The number of hydrogen-bond donors (Lipinski definition) is 0. The normalized spacial score (nSPS) is 15.2. The van der Waals surface area contributed by atoms with Crippen molar-refractivity contribution in [3.8, 4) is 0 Å². The van der Waals surface area contributed by atoms with Gasteiger partial charge in [0.05, 0.1) is 0 Å². The molecule has 0 atom stereocenters. The van der Waals surface area contributed by atoms with E-state index in [1.54, 1.807) is 12.1 Å². The van der Waals surface area contributed by atoms with Gasteiger partial charge >= 0.3 is 0 Å². The first-order valence-corrected chi connectivity index (χ1v) is 4.66. The Morgan fingerprint density at radius 3 is 3.15 bits per heavy atom. The highest BCUT2D eigenvalue weighted by Crippen LogP contribution is 2.29. The number of rotatable bonds is 0. The molecule has 0 saturated heterocycles. The predicted molar refractivity (Wildman–Crippen MR) is 51.6 cm³/mol. The number of hydrogen-bond acceptors (Lipinski definition) is 3. The summed E-state index contributed by atoms with van der Waals surface area (Å²) in [5.41, 5.74) is 1.40. The van der Waals surface area contributed by atoms with Crippen molar-refractivity contribution in [1.29, 1.82) is 0 Å². The zero-order valence-electron chi connectivity index (χ0n) is 6.44. The third-order valence-electron chi connectivity index (χ3n) is 1.73. The molecule has 0 spiro atoms. The Hall–Kier alpha value is -0.810. The topological polar surface area (TPSA) is 41.7 Å². The van der Waals surface area contributed by atoms with Crippen LogP contribution >= 0.6 is 27.7 Å². The van der Waals surface area contributed by atoms with Crippen molar-refractivity contribution < 1.29 is 4.86 Å².